The van der Waals surface area contributed by atoms with Crippen LogP contribution in [0, 0.1) is 0 Å². The van der Waals surface area contributed by atoms with Crippen LogP contribution in [0.4, 0.5) is 4.79 Å². The van der Waals surface area contributed by atoms with E-state index in [9.17, 15) is 14.7 Å². The minimum Gasteiger partial charge on any atom is -0.467 e. The van der Waals surface area contributed by atoms with Crippen LogP contribution in [-0.4, -0.2) is 74.1 Å². The molecule has 2 heterocycles. The summed E-state index contributed by atoms with van der Waals surface area (Å²) in [5.41, 5.74) is 4.61. The van der Waals surface area contributed by atoms with Gasteiger partial charge < -0.3 is 34.7 Å². The first-order valence-electron chi connectivity index (χ1n) is 15.9. The number of amides is 2. The quantitative estimate of drug-likeness (QED) is 0.238. The highest BCUT2D eigenvalue weighted by molar-refractivity contribution is 5.83. The van der Waals surface area contributed by atoms with E-state index in [1.54, 1.807) is 7.11 Å². The van der Waals surface area contributed by atoms with Crippen LogP contribution in [-0.2, 0) is 43.3 Å². The molecule has 3 aromatic rings. The van der Waals surface area contributed by atoms with Crippen LogP contribution >= 0.6 is 0 Å². The number of carbonyl (C=O) groups excluding carboxylic acids is 2. The molecule has 3 N–H and O–H groups in total. The van der Waals surface area contributed by atoms with E-state index in [-0.39, 0.29) is 25.4 Å². The average molecular weight is 632 g/mol. The number of aliphatic hydroxyl groups excluding tert-OH is 1. The van der Waals surface area contributed by atoms with Gasteiger partial charge in [0.1, 0.15) is 6.04 Å². The molecule has 0 spiro atoms. The maximum Gasteiger partial charge on any atom is 0.328 e. The molecule has 0 unspecified atom stereocenters. The zero-order valence-corrected chi connectivity index (χ0v) is 26.6. The van der Waals surface area contributed by atoms with Crippen LogP contribution in [0.1, 0.15) is 59.5 Å². The second kappa shape index (κ2) is 16.7. The third kappa shape index (κ3) is 9.14. The lowest BCUT2D eigenvalue weighted by Crippen LogP contribution is -2.47. The molecule has 5 rings (SSSR count). The van der Waals surface area contributed by atoms with E-state index < -0.39 is 24.3 Å². The fourth-order valence-corrected chi connectivity index (χ4v) is 6.18. The first-order chi connectivity index (χ1) is 22.4. The number of rotatable bonds is 13. The van der Waals surface area contributed by atoms with Gasteiger partial charge in [-0.1, -0.05) is 78.9 Å². The molecule has 10 heteroatoms. The number of urea groups is 1. The van der Waals surface area contributed by atoms with Gasteiger partial charge in [0, 0.05) is 44.6 Å². The standard InChI is InChI=1S/C36H45N3O7/c1-43-24-30-9-6-18-39(30)22-31-20-33(28-14-12-27(23-40)13-15-28)46-35(45-31)29-16-10-26(11-17-29)21-37-36(42)38-32(34(41)44-2)19-25-7-4-3-5-8-25/h3-5,7-8,10-17,30-33,35,40H,6,9,18-24H2,1-2H3,(H2,37,38,42)/t30-,31-,32-,33+,35+/m0/s1. The van der Waals surface area contributed by atoms with Gasteiger partial charge in [-0.15, -0.1) is 0 Å². The largest absolute Gasteiger partial charge is 0.467 e. The van der Waals surface area contributed by atoms with Crippen molar-refractivity contribution in [3.63, 3.8) is 0 Å². The summed E-state index contributed by atoms with van der Waals surface area (Å²) >= 11 is 0. The van der Waals surface area contributed by atoms with Crippen LogP contribution in [0.2, 0.25) is 0 Å². The highest BCUT2D eigenvalue weighted by atomic mass is 16.7. The average Bonchev–Trinajstić information content (AvgIpc) is 3.53. The smallest absolute Gasteiger partial charge is 0.328 e. The van der Waals surface area contributed by atoms with Crippen LogP contribution in [0.3, 0.4) is 0 Å². The molecule has 246 valence electrons. The van der Waals surface area contributed by atoms with E-state index in [0.717, 1.165) is 60.2 Å². The zero-order chi connectivity index (χ0) is 32.3. The molecular weight excluding hydrogens is 586 g/mol. The Kier molecular flexibility index (Phi) is 12.2. The van der Waals surface area contributed by atoms with Crippen molar-refractivity contribution in [1.82, 2.24) is 15.5 Å². The fourth-order valence-electron chi connectivity index (χ4n) is 6.18. The van der Waals surface area contributed by atoms with Gasteiger partial charge in [0.05, 0.1) is 32.5 Å². The normalized spacial score (nSPS) is 22.2. The van der Waals surface area contributed by atoms with Crippen molar-refractivity contribution in [2.45, 2.75) is 69.4 Å². The molecular formula is C36H45N3O7. The summed E-state index contributed by atoms with van der Waals surface area (Å²) in [7, 11) is 3.06. The fraction of sp³-hybridized carbons (Fsp3) is 0.444. The maximum atomic E-state index is 12.7. The first kappa shape index (κ1) is 33.6. The van der Waals surface area contributed by atoms with E-state index in [1.807, 2.05) is 78.9 Å². The van der Waals surface area contributed by atoms with Gasteiger partial charge in [-0.05, 0) is 41.6 Å². The van der Waals surface area contributed by atoms with Crippen molar-refractivity contribution in [2.24, 2.45) is 0 Å². The second-order valence-electron chi connectivity index (χ2n) is 11.9. The topological polar surface area (TPSA) is 119 Å². The Hall–Kier alpha value is -3.80. The monoisotopic (exact) mass is 631 g/mol. The van der Waals surface area contributed by atoms with E-state index in [1.165, 1.54) is 7.11 Å². The molecule has 0 saturated carbocycles. The van der Waals surface area contributed by atoms with Crippen LogP contribution in [0.5, 0.6) is 0 Å². The van der Waals surface area contributed by atoms with Gasteiger partial charge in [-0.2, -0.15) is 0 Å². The van der Waals surface area contributed by atoms with Gasteiger partial charge in [-0.3, -0.25) is 4.90 Å². The van der Waals surface area contributed by atoms with Crippen molar-refractivity contribution in [2.75, 3.05) is 33.9 Å². The van der Waals surface area contributed by atoms with Crippen LogP contribution in [0.25, 0.3) is 0 Å². The van der Waals surface area contributed by atoms with Gasteiger partial charge in [0.25, 0.3) is 0 Å². The number of hydrogen-bond acceptors (Lipinski definition) is 8. The molecule has 0 aliphatic carbocycles. The molecule has 2 aliphatic heterocycles. The van der Waals surface area contributed by atoms with Crippen LogP contribution in [0.15, 0.2) is 78.9 Å². The third-order valence-electron chi connectivity index (χ3n) is 8.69. The van der Waals surface area contributed by atoms with Crippen molar-refractivity contribution >= 4 is 12.0 Å². The molecule has 5 atom stereocenters. The summed E-state index contributed by atoms with van der Waals surface area (Å²) in [5, 5.41) is 15.1. The summed E-state index contributed by atoms with van der Waals surface area (Å²) < 4.78 is 23.4. The molecule has 0 radical (unpaired) electrons. The van der Waals surface area contributed by atoms with E-state index in [2.05, 4.69) is 15.5 Å². The number of aliphatic hydroxyl groups is 1. The summed E-state index contributed by atoms with van der Waals surface area (Å²) in [5.74, 6) is -0.504. The predicted molar refractivity (Wildman–Crippen MR) is 173 cm³/mol. The Labute approximate surface area is 271 Å². The minimum atomic E-state index is -0.804. The number of hydrogen-bond donors (Lipinski definition) is 3. The maximum absolute atomic E-state index is 12.7. The Balaban J connectivity index is 1.22. The Morgan fingerprint density at radius 3 is 2.35 bits per heavy atom. The Bertz CT molecular complexity index is 1390. The number of likely N-dealkylation sites (tertiary alicyclic amines) is 1. The number of nitrogens with zero attached hydrogens (tertiary/aromatic N) is 1. The molecule has 10 nitrogen and oxygen atoms in total. The zero-order valence-electron chi connectivity index (χ0n) is 26.6. The number of nitrogens with one attached hydrogen (secondary N) is 2. The Morgan fingerprint density at radius 1 is 0.935 bits per heavy atom. The van der Waals surface area contributed by atoms with Crippen molar-refractivity contribution in [1.29, 1.82) is 0 Å². The second-order valence-corrected chi connectivity index (χ2v) is 11.9. The van der Waals surface area contributed by atoms with Gasteiger partial charge in [-0.25, -0.2) is 9.59 Å². The minimum absolute atomic E-state index is 0.00156. The molecule has 2 amide bonds. The lowest BCUT2D eigenvalue weighted by atomic mass is 9.99. The molecule has 0 aromatic heterocycles. The van der Waals surface area contributed by atoms with Crippen molar-refractivity contribution in [3.8, 4) is 0 Å². The Morgan fingerprint density at radius 2 is 1.65 bits per heavy atom. The molecule has 3 aromatic carbocycles. The van der Waals surface area contributed by atoms with Gasteiger partial charge >= 0.3 is 12.0 Å². The van der Waals surface area contributed by atoms with Crippen molar-refractivity contribution < 1.29 is 33.6 Å². The van der Waals surface area contributed by atoms with Gasteiger partial charge in [0.2, 0.25) is 0 Å². The SMILES string of the molecule is COC[C@@H]1CCCN1C[C@@H]1C[C@H](c2ccc(CO)cc2)O[C@H](c2ccc(CNC(=O)N[C@@H](Cc3ccccc3)C(=O)OC)cc2)O1. The number of ether oxygens (including phenoxy) is 4. The van der Waals surface area contributed by atoms with E-state index in [0.29, 0.717) is 19.1 Å². The molecule has 2 aliphatic rings. The number of esters is 1. The van der Waals surface area contributed by atoms with E-state index in [4.69, 9.17) is 18.9 Å². The van der Waals surface area contributed by atoms with Gasteiger partial charge in [0.15, 0.2) is 6.29 Å². The predicted octanol–water partition coefficient (Wildman–Crippen LogP) is 4.42. The molecule has 46 heavy (non-hydrogen) atoms. The van der Waals surface area contributed by atoms with Crippen LogP contribution < -0.4 is 10.6 Å². The summed E-state index contributed by atoms with van der Waals surface area (Å²) in [6.45, 7) is 2.81. The third-order valence-corrected chi connectivity index (χ3v) is 8.69. The highest BCUT2D eigenvalue weighted by Crippen LogP contribution is 2.38. The highest BCUT2D eigenvalue weighted by Gasteiger charge is 2.35. The molecule has 2 saturated heterocycles. The summed E-state index contributed by atoms with van der Waals surface area (Å²) in [6.07, 6.45) is 2.56. The van der Waals surface area contributed by atoms with Crippen molar-refractivity contribution in [3.05, 3.63) is 107 Å². The number of methoxy groups -OCH3 is 2. The molecule has 2 fully saturated rings. The lowest BCUT2D eigenvalue weighted by molar-refractivity contribution is -0.253. The summed E-state index contributed by atoms with van der Waals surface area (Å²) in [6, 6.07) is 24.3. The molecule has 0 bridgehead atoms. The summed E-state index contributed by atoms with van der Waals surface area (Å²) in [4.78, 5) is 27.5. The number of benzene rings is 3. The number of carbonyl (C=O) groups is 2. The lowest BCUT2D eigenvalue weighted by Gasteiger charge is -2.38. The first-order valence-corrected chi connectivity index (χ1v) is 15.9. The van der Waals surface area contributed by atoms with E-state index >= 15 is 0 Å².